The van der Waals surface area contributed by atoms with Crippen LogP contribution in [0.15, 0.2) is 69.9 Å². The molecule has 1 aromatic heterocycles. The van der Waals surface area contributed by atoms with Crippen molar-refractivity contribution in [2.24, 2.45) is 0 Å². The Morgan fingerprint density at radius 3 is 2.24 bits per heavy atom. The van der Waals surface area contributed by atoms with E-state index in [1.165, 1.54) is 5.56 Å². The molecule has 4 nitrogen and oxygen atoms in total. The lowest BCUT2D eigenvalue weighted by Gasteiger charge is -2.26. The van der Waals surface area contributed by atoms with Crippen LogP contribution in [0.5, 0.6) is 0 Å². The van der Waals surface area contributed by atoms with Crippen LogP contribution in [0.3, 0.4) is 0 Å². The number of aryl methyl sites for hydroxylation is 2. The lowest BCUT2D eigenvalue weighted by atomic mass is 9.85. The van der Waals surface area contributed by atoms with Gasteiger partial charge in [0.1, 0.15) is 5.58 Å². The van der Waals surface area contributed by atoms with Crippen LogP contribution in [0.2, 0.25) is 5.02 Å². The van der Waals surface area contributed by atoms with Gasteiger partial charge in [-0.3, -0.25) is 14.5 Å². The monoisotopic (exact) mass is 471 g/mol. The van der Waals surface area contributed by atoms with Crippen LogP contribution in [0.25, 0.3) is 11.0 Å². The molecule has 0 fully saturated rings. The number of fused-ring (bicyclic) bond motifs is 2. The van der Waals surface area contributed by atoms with Gasteiger partial charge >= 0.3 is 0 Å². The van der Waals surface area contributed by atoms with Crippen molar-refractivity contribution in [3.8, 4) is 0 Å². The summed E-state index contributed by atoms with van der Waals surface area (Å²) in [6, 6.07) is 18.3. The summed E-state index contributed by atoms with van der Waals surface area (Å²) in [4.78, 5) is 29.2. The third kappa shape index (κ3) is 3.54. The number of hydrogen-bond donors (Lipinski definition) is 0. The molecule has 2 heterocycles. The minimum Gasteiger partial charge on any atom is -0.450 e. The van der Waals surface area contributed by atoms with E-state index in [9.17, 15) is 9.59 Å². The van der Waals surface area contributed by atoms with Crippen LogP contribution in [0.4, 0.5) is 5.69 Å². The SMILES string of the molecule is Cc1cc2oc3c(c(=O)c2cc1C)C(c1ccc(C(C)(C)C)cc1)N(c1cccc(Cl)c1)C3=O. The first-order valence-corrected chi connectivity index (χ1v) is 11.7. The number of amides is 1. The van der Waals surface area contributed by atoms with Crippen molar-refractivity contribution in [1.29, 1.82) is 0 Å². The van der Waals surface area contributed by atoms with Gasteiger partial charge < -0.3 is 4.42 Å². The maximum atomic E-state index is 13.8. The molecule has 34 heavy (non-hydrogen) atoms. The standard InChI is InChI=1S/C29H26ClNO3/c1-16-13-22-23(14-17(16)2)34-27-24(26(22)32)25(18-9-11-19(12-10-18)29(3,4)5)31(28(27)33)21-8-6-7-20(30)15-21/h6-15,25H,1-5H3. The third-order valence-electron chi connectivity index (χ3n) is 6.67. The third-order valence-corrected chi connectivity index (χ3v) is 6.90. The Morgan fingerprint density at radius 1 is 0.912 bits per heavy atom. The van der Waals surface area contributed by atoms with Crippen molar-refractivity contribution < 1.29 is 9.21 Å². The van der Waals surface area contributed by atoms with Crippen molar-refractivity contribution in [2.75, 3.05) is 4.90 Å². The summed E-state index contributed by atoms with van der Waals surface area (Å²) in [7, 11) is 0. The molecule has 0 N–H and O–H groups in total. The zero-order valence-corrected chi connectivity index (χ0v) is 20.7. The van der Waals surface area contributed by atoms with Crippen LogP contribution in [-0.4, -0.2) is 5.91 Å². The molecule has 1 aliphatic rings. The largest absolute Gasteiger partial charge is 0.450 e. The fourth-order valence-electron chi connectivity index (χ4n) is 4.60. The molecule has 3 aromatic carbocycles. The van der Waals surface area contributed by atoms with Crippen molar-refractivity contribution in [1.82, 2.24) is 0 Å². The van der Waals surface area contributed by atoms with E-state index in [0.717, 1.165) is 16.7 Å². The lowest BCUT2D eigenvalue weighted by Crippen LogP contribution is -2.29. The fourth-order valence-corrected chi connectivity index (χ4v) is 4.79. The molecule has 0 spiro atoms. The van der Waals surface area contributed by atoms with Crippen LogP contribution < -0.4 is 10.3 Å². The van der Waals surface area contributed by atoms with Gasteiger partial charge in [0.25, 0.3) is 5.91 Å². The zero-order valence-electron chi connectivity index (χ0n) is 19.9. The van der Waals surface area contributed by atoms with E-state index in [0.29, 0.717) is 27.2 Å². The average Bonchev–Trinajstić information content (AvgIpc) is 3.07. The topological polar surface area (TPSA) is 50.5 Å². The average molecular weight is 472 g/mol. The van der Waals surface area contributed by atoms with Crippen molar-refractivity contribution in [2.45, 2.75) is 46.1 Å². The van der Waals surface area contributed by atoms with Gasteiger partial charge in [-0.25, -0.2) is 0 Å². The number of halogens is 1. The van der Waals surface area contributed by atoms with Gasteiger partial charge in [0.2, 0.25) is 5.76 Å². The molecule has 0 saturated carbocycles. The molecule has 172 valence electrons. The minimum atomic E-state index is -0.614. The highest BCUT2D eigenvalue weighted by molar-refractivity contribution is 6.31. The highest BCUT2D eigenvalue weighted by Crippen LogP contribution is 2.42. The number of benzene rings is 3. The maximum Gasteiger partial charge on any atom is 0.295 e. The first-order valence-electron chi connectivity index (χ1n) is 11.3. The molecule has 1 atom stereocenters. The van der Waals surface area contributed by atoms with Crippen LogP contribution >= 0.6 is 11.6 Å². The van der Waals surface area contributed by atoms with E-state index in [-0.39, 0.29) is 22.5 Å². The molecule has 1 amide bonds. The molecule has 0 aliphatic carbocycles. The van der Waals surface area contributed by atoms with Gasteiger partial charge in [-0.05, 0) is 71.8 Å². The van der Waals surface area contributed by atoms with E-state index in [4.69, 9.17) is 16.0 Å². The molecule has 0 radical (unpaired) electrons. The van der Waals surface area contributed by atoms with Crippen molar-refractivity contribution in [3.63, 3.8) is 0 Å². The molecule has 5 rings (SSSR count). The molecular formula is C29H26ClNO3. The Balaban J connectivity index is 1.79. The summed E-state index contributed by atoms with van der Waals surface area (Å²) >= 11 is 6.28. The Morgan fingerprint density at radius 2 is 1.59 bits per heavy atom. The Labute approximate surface area is 203 Å². The molecule has 0 saturated heterocycles. The Bertz CT molecular complexity index is 1510. The number of nitrogens with zero attached hydrogens (tertiary/aromatic N) is 1. The number of carbonyl (C=O) groups is 1. The van der Waals surface area contributed by atoms with Gasteiger partial charge in [-0.15, -0.1) is 0 Å². The molecule has 5 heteroatoms. The van der Waals surface area contributed by atoms with Gasteiger partial charge in [0.15, 0.2) is 5.43 Å². The number of rotatable bonds is 2. The van der Waals surface area contributed by atoms with Crippen LogP contribution in [-0.2, 0) is 5.41 Å². The number of carbonyl (C=O) groups excluding carboxylic acids is 1. The number of hydrogen-bond acceptors (Lipinski definition) is 3. The van der Waals surface area contributed by atoms with Crippen LogP contribution in [0.1, 0.15) is 65.2 Å². The summed E-state index contributed by atoms with van der Waals surface area (Å²) in [6.07, 6.45) is 0. The van der Waals surface area contributed by atoms with E-state index >= 15 is 0 Å². The normalized spacial score (nSPS) is 15.8. The molecular weight excluding hydrogens is 446 g/mol. The second-order valence-electron chi connectivity index (χ2n) is 10.0. The van der Waals surface area contributed by atoms with Crippen molar-refractivity contribution >= 4 is 34.2 Å². The van der Waals surface area contributed by atoms with E-state index in [1.807, 2.05) is 44.2 Å². The van der Waals surface area contributed by atoms with E-state index in [1.54, 1.807) is 23.1 Å². The number of anilines is 1. The van der Waals surface area contributed by atoms with Gasteiger partial charge in [0, 0.05) is 10.7 Å². The summed E-state index contributed by atoms with van der Waals surface area (Å²) in [6.45, 7) is 10.4. The summed E-state index contributed by atoms with van der Waals surface area (Å²) < 4.78 is 6.12. The maximum absolute atomic E-state index is 13.8. The quantitative estimate of drug-likeness (QED) is 0.313. The summed E-state index contributed by atoms with van der Waals surface area (Å²) in [5, 5.41) is 0.998. The summed E-state index contributed by atoms with van der Waals surface area (Å²) in [5.74, 6) is -0.259. The van der Waals surface area contributed by atoms with E-state index < -0.39 is 6.04 Å². The second-order valence-corrected chi connectivity index (χ2v) is 10.5. The predicted molar refractivity (Wildman–Crippen MR) is 137 cm³/mol. The predicted octanol–water partition coefficient (Wildman–Crippen LogP) is 7.11. The molecule has 0 bridgehead atoms. The fraction of sp³-hybridized carbons (Fsp3) is 0.241. The minimum absolute atomic E-state index is 0.0147. The Kier molecular flexibility index (Phi) is 5.18. The first kappa shape index (κ1) is 22.4. The highest BCUT2D eigenvalue weighted by atomic mass is 35.5. The molecule has 1 aliphatic heterocycles. The van der Waals surface area contributed by atoms with Crippen LogP contribution in [0, 0.1) is 13.8 Å². The smallest absolute Gasteiger partial charge is 0.295 e. The van der Waals surface area contributed by atoms with Gasteiger partial charge in [-0.1, -0.05) is 62.7 Å². The summed E-state index contributed by atoms with van der Waals surface area (Å²) in [5.41, 5.74) is 5.23. The highest BCUT2D eigenvalue weighted by Gasteiger charge is 2.43. The Hall–Kier alpha value is -3.37. The lowest BCUT2D eigenvalue weighted by molar-refractivity contribution is 0.0971. The van der Waals surface area contributed by atoms with Gasteiger partial charge in [-0.2, -0.15) is 0 Å². The first-order chi connectivity index (χ1) is 16.1. The second kappa shape index (κ2) is 7.85. The van der Waals surface area contributed by atoms with Crippen molar-refractivity contribution in [3.05, 3.63) is 109 Å². The molecule has 1 unspecified atom stereocenters. The molecule has 4 aromatic rings. The van der Waals surface area contributed by atoms with Gasteiger partial charge in [0.05, 0.1) is 17.0 Å². The zero-order chi connectivity index (χ0) is 24.4. The van der Waals surface area contributed by atoms with E-state index in [2.05, 4.69) is 32.9 Å².